The highest BCUT2D eigenvalue weighted by Gasteiger charge is 2.32. The minimum Gasteiger partial charge on any atom is -0.383 e. The van der Waals surface area contributed by atoms with Crippen LogP contribution in [-0.4, -0.2) is 78.7 Å². The molecule has 2 saturated heterocycles. The van der Waals surface area contributed by atoms with Crippen LogP contribution in [0.25, 0.3) is 0 Å². The summed E-state index contributed by atoms with van der Waals surface area (Å²) >= 11 is 0. The second kappa shape index (κ2) is 10.1. The third-order valence-corrected chi connectivity index (χ3v) is 6.01. The number of carbonyl (C=O) groups is 2. The molecule has 28 heavy (non-hydrogen) atoms. The van der Waals surface area contributed by atoms with Gasteiger partial charge in [0.15, 0.2) is 0 Å². The Morgan fingerprint density at radius 2 is 2.00 bits per heavy atom. The van der Waals surface area contributed by atoms with Gasteiger partial charge in [0.2, 0.25) is 11.8 Å². The Hall–Kier alpha value is -1.86. The summed E-state index contributed by atoms with van der Waals surface area (Å²) in [5.41, 5.74) is 1.08. The van der Waals surface area contributed by atoms with Crippen molar-refractivity contribution in [2.75, 3.05) is 46.4 Å². The lowest BCUT2D eigenvalue weighted by molar-refractivity contribution is -0.132. The molecule has 0 radical (unpaired) electrons. The predicted octanol–water partition coefficient (Wildman–Crippen LogP) is 1.03. The summed E-state index contributed by atoms with van der Waals surface area (Å²) in [5, 5.41) is 2.98. The van der Waals surface area contributed by atoms with Gasteiger partial charge in [-0.3, -0.25) is 14.5 Å². The molecule has 0 spiro atoms. The van der Waals surface area contributed by atoms with E-state index in [1.54, 1.807) is 7.11 Å². The van der Waals surface area contributed by atoms with Gasteiger partial charge in [-0.25, -0.2) is 0 Å². The van der Waals surface area contributed by atoms with Crippen molar-refractivity contribution in [2.24, 2.45) is 13.0 Å². The lowest BCUT2D eigenvalue weighted by Gasteiger charge is -2.42. The van der Waals surface area contributed by atoms with Crippen LogP contribution in [0.3, 0.4) is 0 Å². The Labute approximate surface area is 168 Å². The first-order valence-corrected chi connectivity index (χ1v) is 10.5. The van der Waals surface area contributed by atoms with E-state index in [1.807, 2.05) is 35.0 Å². The van der Waals surface area contributed by atoms with Crippen molar-refractivity contribution in [1.29, 1.82) is 0 Å². The van der Waals surface area contributed by atoms with Crippen molar-refractivity contribution in [3.63, 3.8) is 0 Å². The fraction of sp³-hybridized carbons (Fsp3) is 0.714. The predicted molar refractivity (Wildman–Crippen MR) is 108 cm³/mol. The molecule has 156 valence electrons. The van der Waals surface area contributed by atoms with Gasteiger partial charge in [0.1, 0.15) is 0 Å². The molecule has 1 N–H and O–H groups in total. The smallest absolute Gasteiger partial charge is 0.227 e. The summed E-state index contributed by atoms with van der Waals surface area (Å²) < 4.78 is 6.98. The molecule has 0 bridgehead atoms. The number of hydrogen-bond acceptors (Lipinski definition) is 4. The number of hydrogen-bond donors (Lipinski definition) is 1. The van der Waals surface area contributed by atoms with E-state index in [-0.39, 0.29) is 17.7 Å². The number of nitrogens with zero attached hydrogens (tertiary/aromatic N) is 3. The van der Waals surface area contributed by atoms with Crippen molar-refractivity contribution >= 4 is 11.8 Å². The molecule has 0 unspecified atom stereocenters. The summed E-state index contributed by atoms with van der Waals surface area (Å²) in [7, 11) is 3.62. The van der Waals surface area contributed by atoms with Crippen LogP contribution in [0.2, 0.25) is 0 Å². The lowest BCUT2D eigenvalue weighted by Crippen LogP contribution is -2.51. The van der Waals surface area contributed by atoms with E-state index in [0.717, 1.165) is 57.4 Å². The normalized spacial score (nSPS) is 21.6. The molecule has 0 aliphatic carbocycles. The maximum atomic E-state index is 12.6. The molecule has 1 aromatic rings. The lowest BCUT2D eigenvalue weighted by atomic mass is 9.93. The topological polar surface area (TPSA) is 66.8 Å². The molecule has 2 aliphatic rings. The van der Waals surface area contributed by atoms with Crippen LogP contribution in [-0.2, 0) is 27.8 Å². The van der Waals surface area contributed by atoms with Gasteiger partial charge in [0, 0.05) is 58.8 Å². The molecule has 2 aliphatic heterocycles. The Balaban J connectivity index is 1.43. The first kappa shape index (κ1) is 20.9. The molecular weight excluding hydrogens is 356 g/mol. The standard InChI is InChI=1S/C21H34N4O3/c1-23-10-5-17(15-23)14-20(26)24-11-6-19(7-12-24)25-9-3-4-18(16-25)21(27)22-8-13-28-2/h5,10,15,18-19H,3-4,6-9,11-14,16H2,1-2H3,(H,22,27)/t18-/m1/s1. The number of ether oxygens (including phenoxy) is 1. The van der Waals surface area contributed by atoms with Gasteiger partial charge < -0.3 is 19.5 Å². The maximum absolute atomic E-state index is 12.6. The average molecular weight is 391 g/mol. The molecule has 0 aromatic carbocycles. The monoisotopic (exact) mass is 390 g/mol. The molecule has 0 saturated carbocycles. The average Bonchev–Trinajstić information content (AvgIpc) is 3.13. The third-order valence-electron chi connectivity index (χ3n) is 6.01. The molecule has 3 heterocycles. The number of piperidine rings is 2. The quantitative estimate of drug-likeness (QED) is 0.707. The SMILES string of the molecule is COCCNC(=O)[C@@H]1CCCN(C2CCN(C(=O)Cc3ccn(C)c3)CC2)C1. The maximum Gasteiger partial charge on any atom is 0.227 e. The summed E-state index contributed by atoms with van der Waals surface area (Å²) in [6, 6.07) is 2.49. The molecule has 3 rings (SSSR count). The third kappa shape index (κ3) is 5.58. The molecular formula is C21H34N4O3. The van der Waals surface area contributed by atoms with Crippen LogP contribution >= 0.6 is 0 Å². The fourth-order valence-corrected chi connectivity index (χ4v) is 4.41. The zero-order valence-corrected chi connectivity index (χ0v) is 17.2. The van der Waals surface area contributed by atoms with Gasteiger partial charge in [-0.15, -0.1) is 0 Å². The number of rotatable bonds is 7. The Kier molecular flexibility index (Phi) is 7.50. The highest BCUT2D eigenvalue weighted by atomic mass is 16.5. The number of amides is 2. The van der Waals surface area contributed by atoms with Gasteiger partial charge >= 0.3 is 0 Å². The van der Waals surface area contributed by atoms with Gasteiger partial charge in [0.25, 0.3) is 0 Å². The van der Waals surface area contributed by atoms with E-state index in [0.29, 0.717) is 25.6 Å². The van der Waals surface area contributed by atoms with Crippen molar-refractivity contribution in [3.8, 4) is 0 Å². The molecule has 2 amide bonds. The summed E-state index contributed by atoms with van der Waals surface area (Å²) in [6.45, 7) is 4.66. The highest BCUT2D eigenvalue weighted by molar-refractivity contribution is 5.79. The summed E-state index contributed by atoms with van der Waals surface area (Å²) in [6.07, 6.45) is 8.50. The molecule has 1 atom stereocenters. The molecule has 7 nitrogen and oxygen atoms in total. The zero-order chi connectivity index (χ0) is 19.9. The largest absolute Gasteiger partial charge is 0.383 e. The zero-order valence-electron chi connectivity index (χ0n) is 17.2. The first-order valence-electron chi connectivity index (χ1n) is 10.5. The van der Waals surface area contributed by atoms with Crippen LogP contribution in [0.4, 0.5) is 0 Å². The van der Waals surface area contributed by atoms with E-state index in [2.05, 4.69) is 10.2 Å². The summed E-state index contributed by atoms with van der Waals surface area (Å²) in [5.74, 6) is 0.444. The number of nitrogens with one attached hydrogen (secondary N) is 1. The van der Waals surface area contributed by atoms with Crippen LogP contribution in [0.1, 0.15) is 31.2 Å². The number of carbonyl (C=O) groups excluding carboxylic acids is 2. The fourth-order valence-electron chi connectivity index (χ4n) is 4.41. The molecule has 2 fully saturated rings. The van der Waals surface area contributed by atoms with Crippen molar-refractivity contribution in [2.45, 2.75) is 38.1 Å². The van der Waals surface area contributed by atoms with Crippen LogP contribution in [0.15, 0.2) is 18.5 Å². The Morgan fingerprint density at radius 1 is 1.21 bits per heavy atom. The number of likely N-dealkylation sites (tertiary alicyclic amines) is 2. The molecule has 7 heteroatoms. The number of methoxy groups -OCH3 is 1. The van der Waals surface area contributed by atoms with Crippen LogP contribution < -0.4 is 5.32 Å². The second-order valence-corrected chi connectivity index (χ2v) is 8.09. The van der Waals surface area contributed by atoms with Gasteiger partial charge in [-0.05, 0) is 43.9 Å². The second-order valence-electron chi connectivity index (χ2n) is 8.09. The first-order chi connectivity index (χ1) is 13.6. The highest BCUT2D eigenvalue weighted by Crippen LogP contribution is 2.24. The Morgan fingerprint density at radius 3 is 2.68 bits per heavy atom. The van der Waals surface area contributed by atoms with Crippen LogP contribution in [0.5, 0.6) is 0 Å². The van der Waals surface area contributed by atoms with Gasteiger partial charge in [-0.2, -0.15) is 0 Å². The van der Waals surface area contributed by atoms with Crippen LogP contribution in [0, 0.1) is 5.92 Å². The van der Waals surface area contributed by atoms with Gasteiger partial charge in [0.05, 0.1) is 18.9 Å². The summed E-state index contributed by atoms with van der Waals surface area (Å²) in [4.78, 5) is 29.4. The van der Waals surface area contributed by atoms with E-state index in [4.69, 9.17) is 4.74 Å². The van der Waals surface area contributed by atoms with Crippen molar-refractivity contribution in [3.05, 3.63) is 24.0 Å². The molecule has 1 aromatic heterocycles. The Bertz CT molecular complexity index is 652. The van der Waals surface area contributed by atoms with E-state index in [1.165, 1.54) is 0 Å². The van der Waals surface area contributed by atoms with E-state index in [9.17, 15) is 9.59 Å². The van der Waals surface area contributed by atoms with Gasteiger partial charge in [-0.1, -0.05) is 0 Å². The minimum absolute atomic E-state index is 0.0725. The van der Waals surface area contributed by atoms with Crippen molar-refractivity contribution < 1.29 is 14.3 Å². The number of aromatic nitrogens is 1. The minimum atomic E-state index is 0.0725. The van der Waals surface area contributed by atoms with E-state index >= 15 is 0 Å². The van der Waals surface area contributed by atoms with Crippen molar-refractivity contribution in [1.82, 2.24) is 19.7 Å². The number of aryl methyl sites for hydroxylation is 1. The van der Waals surface area contributed by atoms with E-state index < -0.39 is 0 Å².